The van der Waals surface area contributed by atoms with Gasteiger partial charge in [0.15, 0.2) is 17.2 Å². The molecule has 9 heteroatoms. The molecule has 3 saturated carbocycles. The lowest BCUT2D eigenvalue weighted by Crippen LogP contribution is -2.69. The van der Waals surface area contributed by atoms with Gasteiger partial charge in [-0.2, -0.15) is 0 Å². The van der Waals surface area contributed by atoms with Crippen molar-refractivity contribution in [2.24, 2.45) is 28.6 Å². The Morgan fingerprint density at radius 3 is 2.47 bits per heavy atom. The molecule has 0 aromatic rings. The van der Waals surface area contributed by atoms with Gasteiger partial charge in [0.2, 0.25) is 0 Å². The Morgan fingerprint density at radius 2 is 1.83 bits per heavy atom. The lowest BCUT2D eigenvalue weighted by atomic mass is 9.45. The van der Waals surface area contributed by atoms with Gasteiger partial charge in [-0.1, -0.05) is 32.4 Å². The second-order valence-corrected chi connectivity index (χ2v) is 12.1. The maximum Gasteiger partial charge on any atom is 0.307 e. The minimum absolute atomic E-state index is 0.0867. The van der Waals surface area contributed by atoms with Crippen molar-refractivity contribution in [3.8, 4) is 0 Å². The maximum atomic E-state index is 13.5. The van der Waals surface area contributed by atoms with Crippen LogP contribution in [-0.2, 0) is 28.7 Å². The molecule has 0 bridgehead atoms. The number of carbonyl (C=O) groups excluding carboxylic acids is 4. The molecule has 0 aromatic carbocycles. The van der Waals surface area contributed by atoms with Gasteiger partial charge >= 0.3 is 11.9 Å². The van der Waals surface area contributed by atoms with Gasteiger partial charge in [-0.15, -0.1) is 23.2 Å². The molecule has 0 spiro atoms. The minimum atomic E-state index is -1.55. The highest BCUT2D eigenvalue weighted by atomic mass is 35.5. The minimum Gasteiger partial charge on any atom is -0.469 e. The molecular weight excluding hydrogens is 507 g/mol. The standard InChI is InChI=1S/C27H34Cl2O7/c1-15-11-19-18-6-5-16-12-17(30)9-10-24(16,2)26(18,29)20(31)13-25(19,3)27(15,21(32)14-28)36-23(34)8-7-22(33)35-4/h9-10,12,15,18-20,31H,5-8,11,13-14H2,1-4H3/t15?,18-,19-,20?,24-,25-,26-,27-/m0/s1. The second-order valence-electron chi connectivity index (χ2n) is 11.2. The number of fused-ring (bicyclic) bond motifs is 5. The number of hydrogen-bond donors (Lipinski definition) is 1. The highest BCUT2D eigenvalue weighted by Crippen LogP contribution is 2.72. The average Bonchev–Trinajstić information content (AvgIpc) is 3.05. The van der Waals surface area contributed by atoms with Crippen LogP contribution in [0.2, 0.25) is 0 Å². The van der Waals surface area contributed by atoms with Crippen molar-refractivity contribution in [1.82, 2.24) is 0 Å². The molecule has 0 amide bonds. The first-order valence-corrected chi connectivity index (χ1v) is 13.4. The number of aliphatic hydroxyl groups excluding tert-OH is 1. The van der Waals surface area contributed by atoms with Gasteiger partial charge in [0.1, 0.15) is 0 Å². The summed E-state index contributed by atoms with van der Waals surface area (Å²) in [6.45, 7) is 5.74. The van der Waals surface area contributed by atoms with E-state index in [0.29, 0.717) is 19.3 Å². The number of halogens is 2. The molecule has 198 valence electrons. The van der Waals surface area contributed by atoms with E-state index in [9.17, 15) is 24.3 Å². The second kappa shape index (κ2) is 9.25. The van der Waals surface area contributed by atoms with Gasteiger partial charge in [-0.25, -0.2) is 0 Å². The smallest absolute Gasteiger partial charge is 0.307 e. The Morgan fingerprint density at radius 1 is 1.17 bits per heavy atom. The summed E-state index contributed by atoms with van der Waals surface area (Å²) in [5.74, 6) is -2.79. The number of aliphatic hydroxyl groups is 1. The van der Waals surface area contributed by atoms with E-state index in [4.69, 9.17) is 27.9 Å². The predicted molar refractivity (Wildman–Crippen MR) is 133 cm³/mol. The number of ketones is 2. The maximum absolute atomic E-state index is 13.5. The summed E-state index contributed by atoms with van der Waals surface area (Å²) in [7, 11) is 1.24. The fourth-order valence-electron chi connectivity index (χ4n) is 8.03. The Kier molecular flexibility index (Phi) is 7.02. The summed E-state index contributed by atoms with van der Waals surface area (Å²) in [5.41, 5.74) is -2.30. The molecule has 0 heterocycles. The van der Waals surface area contributed by atoms with Gasteiger partial charge < -0.3 is 14.6 Å². The zero-order chi connectivity index (χ0) is 26.7. The summed E-state index contributed by atoms with van der Waals surface area (Å²) in [5, 5.41) is 11.7. The molecule has 1 N–H and O–H groups in total. The first kappa shape index (κ1) is 27.3. The van der Waals surface area contributed by atoms with Crippen LogP contribution in [0.3, 0.4) is 0 Å². The number of ether oxygens (including phenoxy) is 2. The summed E-state index contributed by atoms with van der Waals surface area (Å²) >= 11 is 13.5. The third-order valence-electron chi connectivity index (χ3n) is 9.75. The van der Waals surface area contributed by atoms with Crippen molar-refractivity contribution in [3.63, 3.8) is 0 Å². The molecular formula is C27H34Cl2O7. The molecule has 4 aliphatic carbocycles. The largest absolute Gasteiger partial charge is 0.469 e. The van der Waals surface area contributed by atoms with E-state index in [1.165, 1.54) is 13.2 Å². The van der Waals surface area contributed by atoms with Gasteiger partial charge in [-0.3, -0.25) is 19.2 Å². The van der Waals surface area contributed by atoms with Crippen LogP contribution < -0.4 is 0 Å². The van der Waals surface area contributed by atoms with Gasteiger partial charge in [0.25, 0.3) is 0 Å². The van der Waals surface area contributed by atoms with Crippen LogP contribution in [0.5, 0.6) is 0 Å². The van der Waals surface area contributed by atoms with E-state index in [1.807, 2.05) is 26.8 Å². The molecule has 0 radical (unpaired) electrons. The van der Waals surface area contributed by atoms with Crippen molar-refractivity contribution in [1.29, 1.82) is 0 Å². The van der Waals surface area contributed by atoms with Crippen molar-refractivity contribution < 1.29 is 33.8 Å². The van der Waals surface area contributed by atoms with Crippen LogP contribution in [0.25, 0.3) is 0 Å². The van der Waals surface area contributed by atoms with Crippen molar-refractivity contribution in [3.05, 3.63) is 23.8 Å². The molecule has 3 fully saturated rings. The molecule has 8 atom stereocenters. The van der Waals surface area contributed by atoms with E-state index < -0.39 is 45.1 Å². The van der Waals surface area contributed by atoms with Crippen LogP contribution in [-0.4, -0.2) is 58.2 Å². The van der Waals surface area contributed by atoms with Crippen molar-refractivity contribution in [2.75, 3.05) is 13.0 Å². The number of allylic oxidation sites excluding steroid dienone is 4. The van der Waals surface area contributed by atoms with Crippen molar-refractivity contribution >= 4 is 46.7 Å². The van der Waals surface area contributed by atoms with E-state index in [1.54, 1.807) is 6.08 Å². The van der Waals surface area contributed by atoms with E-state index in [0.717, 1.165) is 5.57 Å². The molecule has 0 saturated heterocycles. The molecule has 0 aliphatic heterocycles. The highest BCUT2D eigenvalue weighted by Gasteiger charge is 2.76. The number of rotatable bonds is 6. The summed E-state index contributed by atoms with van der Waals surface area (Å²) in [6.07, 6.45) is 5.49. The molecule has 2 unspecified atom stereocenters. The average molecular weight is 541 g/mol. The SMILES string of the molecule is COC(=O)CCC(=O)O[C@]1(C(=O)CCl)C(C)C[C@H]2[C@@H]3CCC4=CC(=O)C=C[C@]4(C)[C@@]3(Cl)C(O)C[C@@]21C. The normalized spacial score (nSPS) is 43.1. The predicted octanol–water partition coefficient (Wildman–Crippen LogP) is 3.92. The number of esters is 2. The third-order valence-corrected chi connectivity index (χ3v) is 10.9. The van der Waals surface area contributed by atoms with Crippen LogP contribution >= 0.6 is 23.2 Å². The van der Waals surface area contributed by atoms with Crippen LogP contribution in [0.1, 0.15) is 59.3 Å². The Bertz CT molecular complexity index is 1050. The quantitative estimate of drug-likeness (QED) is 0.401. The van der Waals surface area contributed by atoms with Gasteiger partial charge in [0.05, 0.1) is 36.8 Å². The monoisotopic (exact) mass is 540 g/mol. The Balaban J connectivity index is 1.76. The lowest BCUT2D eigenvalue weighted by Gasteiger charge is -2.64. The fourth-order valence-corrected chi connectivity index (χ4v) is 8.76. The molecule has 4 rings (SSSR count). The lowest BCUT2D eigenvalue weighted by molar-refractivity contribution is -0.200. The zero-order valence-corrected chi connectivity index (χ0v) is 22.7. The zero-order valence-electron chi connectivity index (χ0n) is 21.1. The Labute approximate surface area is 221 Å². The van der Waals surface area contributed by atoms with Crippen LogP contribution in [0.15, 0.2) is 23.8 Å². The van der Waals surface area contributed by atoms with Crippen molar-refractivity contribution in [2.45, 2.75) is 75.9 Å². The number of Topliss-reactive ketones (excluding diaryl/α,β-unsaturated/α-hetero) is 1. The van der Waals surface area contributed by atoms with Gasteiger partial charge in [0, 0.05) is 16.7 Å². The number of methoxy groups -OCH3 is 1. The number of alkyl halides is 2. The highest BCUT2D eigenvalue weighted by molar-refractivity contribution is 6.29. The van der Waals surface area contributed by atoms with E-state index >= 15 is 0 Å². The summed E-state index contributed by atoms with van der Waals surface area (Å²) in [4.78, 5) is 49.1. The van der Waals surface area contributed by atoms with Crippen LogP contribution in [0.4, 0.5) is 0 Å². The fraction of sp³-hybridized carbons (Fsp3) is 0.704. The number of carbonyl (C=O) groups is 4. The topological polar surface area (TPSA) is 107 Å². The van der Waals surface area contributed by atoms with Gasteiger partial charge in [-0.05, 0) is 49.7 Å². The Hall–Kier alpha value is -1.70. The molecule has 4 aliphatic rings. The first-order valence-electron chi connectivity index (χ1n) is 12.5. The first-order chi connectivity index (χ1) is 16.8. The summed E-state index contributed by atoms with van der Waals surface area (Å²) < 4.78 is 10.7. The molecule has 36 heavy (non-hydrogen) atoms. The number of hydrogen-bond acceptors (Lipinski definition) is 7. The molecule has 0 aromatic heterocycles. The van der Waals surface area contributed by atoms with E-state index in [-0.39, 0.29) is 48.7 Å². The molecule has 7 nitrogen and oxygen atoms in total. The van der Waals surface area contributed by atoms with E-state index in [2.05, 4.69) is 4.74 Å². The van der Waals surface area contributed by atoms with Crippen LogP contribution in [0, 0.1) is 28.6 Å². The summed E-state index contributed by atoms with van der Waals surface area (Å²) in [6, 6.07) is 0. The third kappa shape index (κ3) is 3.56.